The van der Waals surface area contributed by atoms with Crippen molar-refractivity contribution in [3.05, 3.63) is 52.3 Å². The van der Waals surface area contributed by atoms with Crippen molar-refractivity contribution in [3.8, 4) is 0 Å². The Morgan fingerprint density at radius 2 is 1.83 bits per heavy atom. The van der Waals surface area contributed by atoms with E-state index in [9.17, 15) is 9.90 Å². The molecule has 0 atom stereocenters. The fourth-order valence-electron chi connectivity index (χ4n) is 2.01. The van der Waals surface area contributed by atoms with Crippen LogP contribution in [0.25, 0.3) is 0 Å². The van der Waals surface area contributed by atoms with Gasteiger partial charge in [-0.1, -0.05) is 29.8 Å². The van der Waals surface area contributed by atoms with Crippen LogP contribution in [0.3, 0.4) is 0 Å². The molecule has 0 saturated heterocycles. The maximum atomic E-state index is 11.0. The van der Waals surface area contributed by atoms with E-state index in [2.05, 4.69) is 5.10 Å². The average Bonchev–Trinajstić information content (AvgIpc) is 2.57. The third-order valence-corrected chi connectivity index (χ3v) is 3.04. The number of carboxylic acids is 1. The summed E-state index contributed by atoms with van der Waals surface area (Å²) in [5.74, 6) is -1.17. The summed E-state index contributed by atoms with van der Waals surface area (Å²) in [5.41, 5.74) is 3.62. The highest BCUT2D eigenvalue weighted by atomic mass is 16.4. The Morgan fingerprint density at radius 1 is 1.22 bits per heavy atom. The summed E-state index contributed by atoms with van der Waals surface area (Å²) in [5, 5.41) is 15.2. The van der Waals surface area contributed by atoms with Crippen LogP contribution in [0.4, 0.5) is 0 Å². The van der Waals surface area contributed by atoms with Crippen LogP contribution in [-0.2, 0) is 6.54 Å². The molecule has 0 aliphatic heterocycles. The van der Waals surface area contributed by atoms with Gasteiger partial charge in [0.05, 0.1) is 18.2 Å². The van der Waals surface area contributed by atoms with Crippen molar-refractivity contribution in [2.45, 2.75) is 27.3 Å². The highest BCUT2D eigenvalue weighted by Crippen LogP contribution is 2.14. The van der Waals surface area contributed by atoms with E-state index in [0.717, 1.165) is 5.56 Å². The van der Waals surface area contributed by atoms with Crippen molar-refractivity contribution >= 4 is 5.97 Å². The highest BCUT2D eigenvalue weighted by Gasteiger charge is 2.12. The molecule has 0 aliphatic carbocycles. The van der Waals surface area contributed by atoms with Crippen molar-refractivity contribution in [1.29, 1.82) is 0 Å². The Balaban J connectivity index is 2.33. The lowest BCUT2D eigenvalue weighted by Crippen LogP contribution is -2.23. The summed E-state index contributed by atoms with van der Waals surface area (Å²) in [6.07, 6.45) is 0. The van der Waals surface area contributed by atoms with Gasteiger partial charge >= 0.3 is 0 Å². The summed E-state index contributed by atoms with van der Waals surface area (Å²) >= 11 is 0. The van der Waals surface area contributed by atoms with Gasteiger partial charge in [0.15, 0.2) is 0 Å². The number of aromatic nitrogens is 2. The molecule has 0 spiro atoms. The Morgan fingerprint density at radius 3 is 2.33 bits per heavy atom. The van der Waals surface area contributed by atoms with Crippen molar-refractivity contribution in [3.63, 3.8) is 0 Å². The predicted octanol–water partition coefficient (Wildman–Crippen LogP) is 1.22. The minimum atomic E-state index is -1.17. The van der Waals surface area contributed by atoms with Crippen LogP contribution < -0.4 is 5.11 Å². The lowest BCUT2D eigenvalue weighted by atomic mass is 10.1. The molecule has 0 saturated carbocycles. The molecular formula is C14H15N2O2-. The lowest BCUT2D eigenvalue weighted by molar-refractivity contribution is -0.255. The lowest BCUT2D eigenvalue weighted by Gasteiger charge is -2.06. The highest BCUT2D eigenvalue weighted by molar-refractivity contribution is 5.88. The second kappa shape index (κ2) is 4.64. The van der Waals surface area contributed by atoms with Gasteiger partial charge in [-0.3, -0.25) is 4.68 Å². The van der Waals surface area contributed by atoms with Gasteiger partial charge in [0.25, 0.3) is 0 Å². The maximum Gasteiger partial charge on any atom is 0.0752 e. The van der Waals surface area contributed by atoms with Crippen LogP contribution in [0, 0.1) is 20.8 Å². The van der Waals surface area contributed by atoms with E-state index in [-0.39, 0.29) is 5.56 Å². The second-order valence-corrected chi connectivity index (χ2v) is 4.48. The molecule has 1 heterocycles. The van der Waals surface area contributed by atoms with E-state index in [1.807, 2.05) is 31.2 Å². The molecule has 0 N–H and O–H groups in total. The second-order valence-electron chi connectivity index (χ2n) is 4.48. The number of rotatable bonds is 3. The third kappa shape index (κ3) is 2.27. The van der Waals surface area contributed by atoms with Gasteiger partial charge in [-0.15, -0.1) is 0 Å². The first-order valence-corrected chi connectivity index (χ1v) is 5.80. The summed E-state index contributed by atoms with van der Waals surface area (Å²) < 4.78 is 1.70. The molecule has 0 aliphatic rings. The molecule has 0 bridgehead atoms. The molecule has 4 nitrogen and oxygen atoms in total. The number of aromatic carboxylic acids is 1. The molecule has 2 rings (SSSR count). The van der Waals surface area contributed by atoms with Crippen molar-refractivity contribution in [2.75, 3.05) is 0 Å². The quantitative estimate of drug-likeness (QED) is 0.814. The molecule has 0 radical (unpaired) electrons. The Kier molecular flexibility index (Phi) is 3.19. The number of hydrogen-bond donors (Lipinski definition) is 0. The first kappa shape index (κ1) is 12.4. The van der Waals surface area contributed by atoms with Gasteiger partial charge in [0.2, 0.25) is 0 Å². The van der Waals surface area contributed by atoms with Gasteiger partial charge in [-0.25, -0.2) is 0 Å². The van der Waals surface area contributed by atoms with Crippen LogP contribution in [0.5, 0.6) is 0 Å². The van der Waals surface area contributed by atoms with E-state index in [0.29, 0.717) is 17.9 Å². The Bertz CT molecular complexity index is 583. The first-order chi connectivity index (χ1) is 8.49. The summed E-state index contributed by atoms with van der Waals surface area (Å²) in [6.45, 7) is 6.03. The van der Waals surface area contributed by atoms with E-state index in [4.69, 9.17) is 0 Å². The van der Waals surface area contributed by atoms with Crippen molar-refractivity contribution in [2.24, 2.45) is 0 Å². The smallest absolute Gasteiger partial charge is 0.0752 e. The van der Waals surface area contributed by atoms with Crippen LogP contribution in [-0.4, -0.2) is 15.7 Å². The fourth-order valence-corrected chi connectivity index (χ4v) is 2.01. The largest absolute Gasteiger partial charge is 0.545 e. The first-order valence-electron chi connectivity index (χ1n) is 5.80. The molecular weight excluding hydrogens is 228 g/mol. The number of carbonyl (C=O) groups is 1. The number of aryl methyl sites for hydroxylation is 2. The van der Waals surface area contributed by atoms with Gasteiger partial charge in [0.1, 0.15) is 0 Å². The van der Waals surface area contributed by atoms with Gasteiger partial charge in [-0.2, -0.15) is 5.10 Å². The van der Waals surface area contributed by atoms with Gasteiger partial charge in [-0.05, 0) is 26.3 Å². The fraction of sp³-hybridized carbons (Fsp3) is 0.286. The van der Waals surface area contributed by atoms with Crippen molar-refractivity contribution in [1.82, 2.24) is 9.78 Å². The monoisotopic (exact) mass is 243 g/mol. The molecule has 94 valence electrons. The normalized spacial score (nSPS) is 10.6. The summed E-state index contributed by atoms with van der Waals surface area (Å²) in [6, 6.07) is 8.09. The minimum absolute atomic E-state index is 0.196. The molecule has 0 unspecified atom stereocenters. The average molecular weight is 243 g/mol. The maximum absolute atomic E-state index is 11.0. The third-order valence-electron chi connectivity index (χ3n) is 3.04. The van der Waals surface area contributed by atoms with Crippen LogP contribution in [0.1, 0.15) is 32.9 Å². The van der Waals surface area contributed by atoms with E-state index >= 15 is 0 Å². The van der Waals surface area contributed by atoms with E-state index in [1.54, 1.807) is 18.5 Å². The number of nitrogens with zero attached hydrogens (tertiary/aromatic N) is 2. The topological polar surface area (TPSA) is 58.0 Å². The molecule has 2 aromatic rings. The molecule has 0 amide bonds. The SMILES string of the molecule is Cc1ccc(Cn2nc(C)c(C(=O)[O-])c2C)cc1. The summed E-state index contributed by atoms with van der Waals surface area (Å²) in [7, 11) is 0. The number of hydrogen-bond acceptors (Lipinski definition) is 3. The van der Waals surface area contributed by atoms with E-state index in [1.165, 1.54) is 5.56 Å². The zero-order valence-electron chi connectivity index (χ0n) is 10.7. The standard InChI is InChI=1S/C14H16N2O2/c1-9-4-6-12(7-5-9)8-16-11(3)13(14(17)18)10(2)15-16/h4-7H,8H2,1-3H3,(H,17,18)/p-1. The number of benzene rings is 1. The molecule has 1 aromatic carbocycles. The van der Waals surface area contributed by atoms with Crippen LogP contribution in [0.15, 0.2) is 24.3 Å². The number of carboxylic acid groups (broad SMARTS) is 1. The van der Waals surface area contributed by atoms with E-state index < -0.39 is 5.97 Å². The Labute approximate surface area is 106 Å². The number of carbonyl (C=O) groups excluding carboxylic acids is 1. The predicted molar refractivity (Wildman–Crippen MR) is 66.3 cm³/mol. The molecule has 4 heteroatoms. The zero-order valence-corrected chi connectivity index (χ0v) is 10.7. The molecule has 1 aromatic heterocycles. The van der Waals surface area contributed by atoms with Gasteiger partial charge in [0, 0.05) is 11.3 Å². The molecule has 0 fully saturated rings. The zero-order chi connectivity index (χ0) is 13.3. The van der Waals surface area contributed by atoms with Crippen molar-refractivity contribution < 1.29 is 9.90 Å². The van der Waals surface area contributed by atoms with Crippen LogP contribution >= 0.6 is 0 Å². The molecule has 18 heavy (non-hydrogen) atoms. The van der Waals surface area contributed by atoms with Gasteiger partial charge < -0.3 is 9.90 Å². The van der Waals surface area contributed by atoms with Crippen LogP contribution in [0.2, 0.25) is 0 Å². The Hall–Kier alpha value is -2.10. The minimum Gasteiger partial charge on any atom is -0.545 e. The summed E-state index contributed by atoms with van der Waals surface area (Å²) in [4.78, 5) is 11.0.